The van der Waals surface area contributed by atoms with Crippen LogP contribution in [0.25, 0.3) is 17.1 Å². The van der Waals surface area contributed by atoms with E-state index in [-0.39, 0.29) is 0 Å². The van der Waals surface area contributed by atoms with Gasteiger partial charge in [-0.2, -0.15) is 0 Å². The molecule has 8 heteroatoms. The third kappa shape index (κ3) is 5.03. The number of hydrogen-bond donors (Lipinski definition) is 0. The predicted octanol–water partition coefficient (Wildman–Crippen LogP) is 3.70. The molecule has 3 heterocycles. The first kappa shape index (κ1) is 21.7. The quantitative estimate of drug-likeness (QED) is 0.524. The summed E-state index contributed by atoms with van der Waals surface area (Å²) in [5, 5.41) is 4.92. The summed E-state index contributed by atoms with van der Waals surface area (Å²) < 4.78 is 9.96. The fourth-order valence-corrected chi connectivity index (χ4v) is 4.26. The average molecular weight is 439 g/mol. The highest BCUT2D eigenvalue weighted by atomic mass is 32.1. The lowest BCUT2D eigenvalue weighted by molar-refractivity contribution is 0.0951. The van der Waals surface area contributed by atoms with Crippen LogP contribution in [0.2, 0.25) is 0 Å². The van der Waals surface area contributed by atoms with Crippen LogP contribution in [0.1, 0.15) is 13.8 Å². The Kier molecular flexibility index (Phi) is 6.80. The largest absolute Gasteiger partial charge is 0.497 e. The van der Waals surface area contributed by atoms with Gasteiger partial charge in [0.2, 0.25) is 4.77 Å². The second-order valence-electron chi connectivity index (χ2n) is 8.33. The van der Waals surface area contributed by atoms with Gasteiger partial charge in [-0.05, 0) is 54.5 Å². The number of aromatic nitrogens is 4. The summed E-state index contributed by atoms with van der Waals surface area (Å²) in [5.41, 5.74) is 1.95. The van der Waals surface area contributed by atoms with Crippen LogP contribution in [-0.2, 0) is 6.67 Å². The SMILES string of the molecule is COc1ccc(-n2c(-c3ccncc3)nn(CN3CCN(CC(C)C)CC3)c2=S)cc1. The zero-order chi connectivity index (χ0) is 21.8. The van der Waals surface area contributed by atoms with Gasteiger partial charge in [-0.15, -0.1) is 5.10 Å². The van der Waals surface area contributed by atoms with Crippen LogP contribution in [0.4, 0.5) is 0 Å². The fraction of sp³-hybridized carbons (Fsp3) is 0.435. The Morgan fingerprint density at radius 1 is 0.968 bits per heavy atom. The number of hydrogen-bond acceptors (Lipinski definition) is 6. The van der Waals surface area contributed by atoms with Crippen LogP contribution in [0, 0.1) is 10.7 Å². The van der Waals surface area contributed by atoms with Crippen molar-refractivity contribution in [2.24, 2.45) is 5.92 Å². The Morgan fingerprint density at radius 3 is 2.23 bits per heavy atom. The Hall–Kier alpha value is -2.55. The molecule has 0 bridgehead atoms. The highest BCUT2D eigenvalue weighted by molar-refractivity contribution is 7.71. The summed E-state index contributed by atoms with van der Waals surface area (Å²) in [5.74, 6) is 2.33. The van der Waals surface area contributed by atoms with Crippen molar-refractivity contribution in [3.63, 3.8) is 0 Å². The van der Waals surface area contributed by atoms with Gasteiger partial charge < -0.3 is 9.64 Å². The van der Waals surface area contributed by atoms with E-state index in [1.54, 1.807) is 19.5 Å². The Labute approximate surface area is 188 Å². The van der Waals surface area contributed by atoms with Crippen molar-refractivity contribution in [1.29, 1.82) is 0 Å². The standard InChI is InChI=1S/C23H30N6OS/c1-18(2)16-26-12-14-27(15-13-26)17-28-23(31)29(20-4-6-21(30-3)7-5-20)22(25-28)19-8-10-24-11-9-19/h4-11,18H,12-17H2,1-3H3. The van der Waals surface area contributed by atoms with Crippen molar-refractivity contribution >= 4 is 12.2 Å². The zero-order valence-corrected chi connectivity index (χ0v) is 19.3. The van der Waals surface area contributed by atoms with E-state index in [9.17, 15) is 0 Å². The number of nitrogens with zero attached hydrogens (tertiary/aromatic N) is 6. The molecule has 7 nitrogen and oxygen atoms in total. The summed E-state index contributed by atoms with van der Waals surface area (Å²) in [7, 11) is 1.67. The first-order valence-electron chi connectivity index (χ1n) is 10.7. The van der Waals surface area contributed by atoms with Crippen LogP contribution >= 0.6 is 12.2 Å². The third-order valence-electron chi connectivity index (χ3n) is 5.53. The van der Waals surface area contributed by atoms with Crippen molar-refractivity contribution in [3.8, 4) is 22.8 Å². The van der Waals surface area contributed by atoms with Crippen molar-refractivity contribution < 1.29 is 4.74 Å². The van der Waals surface area contributed by atoms with Gasteiger partial charge in [0.1, 0.15) is 5.75 Å². The van der Waals surface area contributed by atoms with Crippen molar-refractivity contribution in [2.75, 3.05) is 39.8 Å². The lowest BCUT2D eigenvalue weighted by Gasteiger charge is -2.35. The summed E-state index contributed by atoms with van der Waals surface area (Å²) in [6.45, 7) is 10.6. The van der Waals surface area contributed by atoms with E-state index >= 15 is 0 Å². The first-order chi connectivity index (χ1) is 15.0. The van der Waals surface area contributed by atoms with Crippen LogP contribution in [0.3, 0.4) is 0 Å². The molecular formula is C23H30N6OS. The van der Waals surface area contributed by atoms with Crippen LogP contribution in [0.15, 0.2) is 48.8 Å². The normalized spacial score (nSPS) is 15.5. The molecule has 0 N–H and O–H groups in total. The summed E-state index contributed by atoms with van der Waals surface area (Å²) in [4.78, 5) is 9.11. The molecular weight excluding hydrogens is 408 g/mol. The molecule has 1 aliphatic heterocycles. The third-order valence-corrected chi connectivity index (χ3v) is 5.92. The Balaban J connectivity index is 1.62. The lowest BCUT2D eigenvalue weighted by atomic mass is 10.2. The first-order valence-corrected chi connectivity index (χ1v) is 11.2. The highest BCUT2D eigenvalue weighted by Crippen LogP contribution is 2.24. The molecule has 0 saturated carbocycles. The molecule has 0 spiro atoms. The molecule has 1 saturated heterocycles. The second kappa shape index (κ2) is 9.72. The van der Waals surface area contributed by atoms with E-state index in [0.717, 1.165) is 55.5 Å². The summed E-state index contributed by atoms with van der Waals surface area (Å²) >= 11 is 5.88. The minimum atomic E-state index is 0.682. The minimum Gasteiger partial charge on any atom is -0.497 e. The minimum absolute atomic E-state index is 0.682. The molecule has 1 aliphatic rings. The van der Waals surface area contributed by atoms with E-state index in [1.807, 2.05) is 45.6 Å². The van der Waals surface area contributed by atoms with E-state index in [4.69, 9.17) is 22.1 Å². The zero-order valence-electron chi connectivity index (χ0n) is 18.4. The van der Waals surface area contributed by atoms with E-state index in [0.29, 0.717) is 17.4 Å². The number of ether oxygens (including phenoxy) is 1. The van der Waals surface area contributed by atoms with E-state index < -0.39 is 0 Å². The molecule has 2 aromatic heterocycles. The van der Waals surface area contributed by atoms with Gasteiger partial charge in [0.15, 0.2) is 5.82 Å². The molecule has 1 fully saturated rings. The predicted molar refractivity (Wildman–Crippen MR) is 125 cm³/mol. The molecule has 0 unspecified atom stereocenters. The number of pyridine rings is 1. The van der Waals surface area contributed by atoms with Crippen molar-refractivity contribution in [3.05, 3.63) is 53.6 Å². The molecule has 164 valence electrons. The van der Waals surface area contributed by atoms with Gasteiger partial charge in [-0.1, -0.05) is 13.8 Å². The molecule has 0 atom stereocenters. The summed E-state index contributed by atoms with van der Waals surface area (Å²) in [6, 6.07) is 11.8. The number of piperazine rings is 1. The molecule has 0 aliphatic carbocycles. The molecule has 3 aromatic rings. The Bertz CT molecular complexity index is 1040. The highest BCUT2D eigenvalue weighted by Gasteiger charge is 2.20. The summed E-state index contributed by atoms with van der Waals surface area (Å²) in [6.07, 6.45) is 3.56. The van der Waals surface area contributed by atoms with E-state index in [2.05, 4.69) is 28.6 Å². The number of rotatable bonds is 7. The van der Waals surface area contributed by atoms with Gasteiger partial charge in [-0.3, -0.25) is 14.5 Å². The molecule has 31 heavy (non-hydrogen) atoms. The number of methoxy groups -OCH3 is 1. The van der Waals surface area contributed by atoms with Gasteiger partial charge in [0, 0.05) is 50.7 Å². The van der Waals surface area contributed by atoms with E-state index in [1.165, 1.54) is 0 Å². The van der Waals surface area contributed by atoms with Gasteiger partial charge in [0.05, 0.1) is 19.5 Å². The lowest BCUT2D eigenvalue weighted by Crippen LogP contribution is -2.47. The maximum atomic E-state index is 5.88. The Morgan fingerprint density at radius 2 is 1.61 bits per heavy atom. The van der Waals surface area contributed by atoms with Crippen LogP contribution < -0.4 is 4.74 Å². The van der Waals surface area contributed by atoms with Crippen LogP contribution in [0.5, 0.6) is 5.75 Å². The van der Waals surface area contributed by atoms with Gasteiger partial charge in [0.25, 0.3) is 0 Å². The second-order valence-corrected chi connectivity index (χ2v) is 8.69. The fourth-order valence-electron chi connectivity index (χ4n) is 3.97. The average Bonchev–Trinajstić information content (AvgIpc) is 3.11. The van der Waals surface area contributed by atoms with Crippen molar-refractivity contribution in [2.45, 2.75) is 20.5 Å². The molecule has 0 radical (unpaired) electrons. The monoisotopic (exact) mass is 438 g/mol. The molecule has 4 rings (SSSR count). The maximum Gasteiger partial charge on any atom is 0.204 e. The van der Waals surface area contributed by atoms with Gasteiger partial charge in [-0.25, -0.2) is 4.68 Å². The van der Waals surface area contributed by atoms with Crippen LogP contribution in [-0.4, -0.2) is 69.0 Å². The number of benzene rings is 1. The topological polar surface area (TPSA) is 51.4 Å². The van der Waals surface area contributed by atoms with Gasteiger partial charge >= 0.3 is 0 Å². The van der Waals surface area contributed by atoms with Crippen molar-refractivity contribution in [1.82, 2.24) is 29.1 Å². The maximum absolute atomic E-state index is 5.88. The molecule has 1 aromatic carbocycles. The molecule has 0 amide bonds. The smallest absolute Gasteiger partial charge is 0.204 e.